The molecule has 1 aliphatic rings. The van der Waals surface area contributed by atoms with Gasteiger partial charge in [0.2, 0.25) is 0 Å². The van der Waals surface area contributed by atoms with Gasteiger partial charge in [-0.25, -0.2) is 4.68 Å². The molecule has 2 heterocycles. The van der Waals surface area contributed by atoms with Crippen LogP contribution in [0.3, 0.4) is 0 Å². The number of rotatable bonds is 6. The topological polar surface area (TPSA) is 62.2 Å². The number of likely N-dealkylation sites (N-methyl/N-ethyl adjacent to an activating group) is 1. The van der Waals surface area contributed by atoms with Gasteiger partial charge in [-0.2, -0.15) is 18.3 Å². The van der Waals surface area contributed by atoms with E-state index in [2.05, 4.69) is 15.7 Å². The lowest BCUT2D eigenvalue weighted by molar-refractivity contribution is -0.173. The molecule has 0 aliphatic carbocycles. The number of nitrogens with zero attached hydrogens (tertiary/aromatic N) is 3. The second kappa shape index (κ2) is 9.91. The number of fused-ring (bicyclic) bond motifs is 1. The van der Waals surface area contributed by atoms with E-state index in [4.69, 9.17) is 0 Å². The minimum Gasteiger partial charge on any atom is -0.367 e. The Morgan fingerprint density at radius 3 is 2.52 bits per heavy atom. The van der Waals surface area contributed by atoms with Crippen molar-refractivity contribution >= 4 is 24.1 Å². The van der Waals surface area contributed by atoms with Crippen LogP contribution >= 0.6 is 12.4 Å². The monoisotopic (exact) mass is 459 g/mol. The van der Waals surface area contributed by atoms with Crippen molar-refractivity contribution in [2.45, 2.75) is 51.0 Å². The highest BCUT2D eigenvalue weighted by atomic mass is 35.5. The summed E-state index contributed by atoms with van der Waals surface area (Å²) in [7, 11) is 3.83. The predicted molar refractivity (Wildman–Crippen MR) is 117 cm³/mol. The SMILES string of the molecule is CC[C@H]1C[C@@H](C(F)(F)F)n2ncc(C(=O)NCC(c3ccc(C)cc3)N(C)C)c2N1.Cl. The van der Waals surface area contributed by atoms with E-state index in [0.717, 1.165) is 15.8 Å². The van der Waals surface area contributed by atoms with Crippen LogP contribution in [0.15, 0.2) is 30.5 Å². The Morgan fingerprint density at radius 2 is 1.97 bits per heavy atom. The molecule has 1 amide bonds. The number of halogens is 4. The molecule has 1 aromatic carbocycles. The molecule has 10 heteroatoms. The van der Waals surface area contributed by atoms with E-state index in [0.29, 0.717) is 13.0 Å². The van der Waals surface area contributed by atoms with Crippen LogP contribution < -0.4 is 10.6 Å². The Kier molecular flexibility index (Phi) is 7.99. The number of carbonyl (C=O) groups is 1. The summed E-state index contributed by atoms with van der Waals surface area (Å²) in [5.74, 6) is -0.315. The molecular formula is C21H29ClF3N5O. The predicted octanol–water partition coefficient (Wildman–Crippen LogP) is 4.34. The molecule has 0 saturated heterocycles. The molecule has 1 aliphatic heterocycles. The van der Waals surface area contributed by atoms with E-state index in [1.54, 1.807) is 0 Å². The van der Waals surface area contributed by atoms with Gasteiger partial charge in [-0.1, -0.05) is 36.8 Å². The van der Waals surface area contributed by atoms with Gasteiger partial charge in [-0.3, -0.25) is 4.79 Å². The van der Waals surface area contributed by atoms with Gasteiger partial charge < -0.3 is 15.5 Å². The van der Waals surface area contributed by atoms with Crippen molar-refractivity contribution in [1.82, 2.24) is 20.0 Å². The van der Waals surface area contributed by atoms with Crippen molar-refractivity contribution in [3.63, 3.8) is 0 Å². The third-order valence-corrected chi connectivity index (χ3v) is 5.60. The molecule has 2 N–H and O–H groups in total. The number of hydrogen-bond donors (Lipinski definition) is 2. The summed E-state index contributed by atoms with van der Waals surface area (Å²) >= 11 is 0. The molecule has 0 bridgehead atoms. The Hall–Kier alpha value is -2.26. The van der Waals surface area contributed by atoms with Gasteiger partial charge >= 0.3 is 6.18 Å². The Bertz CT molecular complexity index is 882. The van der Waals surface area contributed by atoms with Crippen molar-refractivity contribution in [2.24, 2.45) is 0 Å². The molecule has 0 saturated carbocycles. The third kappa shape index (κ3) is 5.51. The standard InChI is InChI=1S/C21H28F3N5O.ClH/c1-5-15-10-18(21(22,23)24)29-19(27-15)16(11-26-29)20(30)25-12-17(28(3)4)14-8-6-13(2)7-9-14;/h6-9,11,15,17-18,27H,5,10,12H2,1-4H3,(H,25,30);1H/t15-,17?,18-;/m0./s1. The van der Waals surface area contributed by atoms with Gasteiger partial charge in [0, 0.05) is 12.6 Å². The highest BCUT2D eigenvalue weighted by molar-refractivity contribution is 5.98. The van der Waals surface area contributed by atoms with Crippen LogP contribution in [0.4, 0.5) is 19.0 Å². The van der Waals surface area contributed by atoms with Crippen LogP contribution in [-0.2, 0) is 0 Å². The van der Waals surface area contributed by atoms with E-state index in [1.165, 1.54) is 6.20 Å². The zero-order valence-corrected chi connectivity index (χ0v) is 18.8. The number of alkyl halides is 3. The van der Waals surface area contributed by atoms with Crippen molar-refractivity contribution in [2.75, 3.05) is 26.0 Å². The van der Waals surface area contributed by atoms with Gasteiger partial charge in [-0.05, 0) is 39.4 Å². The average Bonchev–Trinajstić information content (AvgIpc) is 3.11. The van der Waals surface area contributed by atoms with Crippen LogP contribution in [0.2, 0.25) is 0 Å². The van der Waals surface area contributed by atoms with E-state index in [1.807, 2.05) is 57.1 Å². The van der Waals surface area contributed by atoms with Gasteiger partial charge in [0.05, 0.1) is 12.2 Å². The first-order valence-electron chi connectivity index (χ1n) is 10.0. The number of hydrogen-bond acceptors (Lipinski definition) is 4. The Morgan fingerprint density at radius 1 is 1.32 bits per heavy atom. The molecule has 6 nitrogen and oxygen atoms in total. The molecule has 3 rings (SSSR count). The highest BCUT2D eigenvalue weighted by Gasteiger charge is 2.46. The average molecular weight is 460 g/mol. The number of aromatic nitrogens is 2. The summed E-state index contributed by atoms with van der Waals surface area (Å²) in [4.78, 5) is 14.8. The zero-order chi connectivity index (χ0) is 22.1. The quantitative estimate of drug-likeness (QED) is 0.674. The second-order valence-corrected chi connectivity index (χ2v) is 7.99. The minimum absolute atomic E-state index is 0. The number of anilines is 1. The Balaban J connectivity index is 0.00000341. The van der Waals surface area contributed by atoms with Gasteiger partial charge in [0.25, 0.3) is 5.91 Å². The number of aryl methyl sites for hydroxylation is 1. The van der Waals surface area contributed by atoms with Gasteiger partial charge in [0.15, 0.2) is 6.04 Å². The molecule has 0 spiro atoms. The highest BCUT2D eigenvalue weighted by Crippen LogP contribution is 2.40. The number of benzene rings is 1. The van der Waals surface area contributed by atoms with Gasteiger partial charge in [0.1, 0.15) is 11.4 Å². The van der Waals surface area contributed by atoms with Crippen molar-refractivity contribution < 1.29 is 18.0 Å². The summed E-state index contributed by atoms with van der Waals surface area (Å²) in [5, 5.41) is 9.80. The normalized spacial score (nSPS) is 19.2. The molecule has 31 heavy (non-hydrogen) atoms. The first-order chi connectivity index (χ1) is 14.1. The summed E-state index contributed by atoms with van der Waals surface area (Å²) in [6.07, 6.45) is -2.79. The second-order valence-electron chi connectivity index (χ2n) is 7.99. The Labute approximate surface area is 186 Å². The van der Waals surface area contributed by atoms with E-state index < -0.39 is 18.1 Å². The van der Waals surface area contributed by atoms with Crippen molar-refractivity contribution in [3.8, 4) is 0 Å². The lowest BCUT2D eigenvalue weighted by Gasteiger charge is -2.33. The minimum atomic E-state index is -4.43. The summed E-state index contributed by atoms with van der Waals surface area (Å²) < 4.78 is 41.4. The first-order valence-corrected chi connectivity index (χ1v) is 10.0. The third-order valence-electron chi connectivity index (χ3n) is 5.60. The molecule has 172 valence electrons. The number of amides is 1. The van der Waals surface area contributed by atoms with Crippen LogP contribution in [0.25, 0.3) is 0 Å². The van der Waals surface area contributed by atoms with Crippen molar-refractivity contribution in [3.05, 3.63) is 47.2 Å². The lowest BCUT2D eigenvalue weighted by Crippen LogP contribution is -2.40. The van der Waals surface area contributed by atoms with Crippen LogP contribution in [0.1, 0.15) is 53.3 Å². The number of nitrogens with one attached hydrogen (secondary N) is 2. The van der Waals surface area contributed by atoms with Crippen LogP contribution in [0, 0.1) is 6.92 Å². The zero-order valence-electron chi connectivity index (χ0n) is 18.0. The largest absolute Gasteiger partial charge is 0.410 e. The van der Waals surface area contributed by atoms with E-state index in [9.17, 15) is 18.0 Å². The molecule has 0 fully saturated rings. The molecule has 2 aromatic rings. The van der Waals surface area contributed by atoms with Gasteiger partial charge in [-0.15, -0.1) is 12.4 Å². The number of carbonyl (C=O) groups excluding carboxylic acids is 1. The van der Waals surface area contributed by atoms with Crippen LogP contribution in [0.5, 0.6) is 0 Å². The lowest BCUT2D eigenvalue weighted by atomic mass is 10.0. The maximum Gasteiger partial charge on any atom is 0.410 e. The summed E-state index contributed by atoms with van der Waals surface area (Å²) in [5.41, 5.74) is 2.32. The fraction of sp³-hybridized carbons (Fsp3) is 0.524. The van der Waals surface area contributed by atoms with Crippen LogP contribution in [-0.4, -0.2) is 53.4 Å². The fourth-order valence-corrected chi connectivity index (χ4v) is 3.74. The molecule has 0 radical (unpaired) electrons. The van der Waals surface area contributed by atoms with E-state index >= 15 is 0 Å². The maximum absolute atomic E-state index is 13.5. The smallest absolute Gasteiger partial charge is 0.367 e. The first kappa shape index (κ1) is 25.0. The molecule has 3 atom stereocenters. The fourth-order valence-electron chi connectivity index (χ4n) is 3.74. The van der Waals surface area contributed by atoms with E-state index in [-0.39, 0.29) is 42.3 Å². The summed E-state index contributed by atoms with van der Waals surface area (Å²) in [6, 6.07) is 5.86. The summed E-state index contributed by atoms with van der Waals surface area (Å²) in [6.45, 7) is 4.14. The van der Waals surface area contributed by atoms with Crippen molar-refractivity contribution in [1.29, 1.82) is 0 Å². The molecular weight excluding hydrogens is 431 g/mol. The maximum atomic E-state index is 13.5. The molecule has 1 unspecified atom stereocenters. The molecule has 1 aromatic heterocycles.